The second kappa shape index (κ2) is 6.96. The third kappa shape index (κ3) is 3.45. The molecule has 1 aliphatic rings. The number of anilines is 1. The minimum Gasteiger partial charge on any atom is -0.497 e. The molecule has 1 atom stereocenters. The van der Waals surface area contributed by atoms with E-state index < -0.39 is 0 Å². The van der Waals surface area contributed by atoms with Gasteiger partial charge in [-0.3, -0.25) is 0 Å². The number of methoxy groups -OCH3 is 1. The summed E-state index contributed by atoms with van der Waals surface area (Å²) in [6.45, 7) is 2.72. The van der Waals surface area contributed by atoms with E-state index in [0.717, 1.165) is 34.9 Å². The number of nitrogens with zero attached hydrogens (tertiary/aromatic N) is 1. The summed E-state index contributed by atoms with van der Waals surface area (Å²) >= 11 is 1.80. The van der Waals surface area contributed by atoms with E-state index in [1.807, 2.05) is 48.2 Å². The number of hydrogen-bond donors (Lipinski definition) is 1. The number of thioether (sulfide) groups is 1. The Labute approximate surface area is 140 Å². The quantitative estimate of drug-likeness (QED) is 0.914. The Morgan fingerprint density at radius 3 is 2.74 bits per heavy atom. The van der Waals surface area contributed by atoms with Crippen LogP contribution < -0.4 is 10.1 Å². The molecule has 1 saturated heterocycles. The fourth-order valence-corrected chi connectivity index (χ4v) is 3.92. The number of carbonyl (C=O) groups is 1. The molecule has 2 aromatic carbocycles. The molecule has 0 radical (unpaired) electrons. The average Bonchev–Trinajstić information content (AvgIpc) is 3.07. The number of urea groups is 1. The zero-order valence-electron chi connectivity index (χ0n) is 13.3. The van der Waals surface area contributed by atoms with Gasteiger partial charge in [-0.25, -0.2) is 4.79 Å². The first-order valence-electron chi connectivity index (χ1n) is 7.58. The van der Waals surface area contributed by atoms with E-state index in [0.29, 0.717) is 0 Å². The van der Waals surface area contributed by atoms with Crippen LogP contribution in [-0.2, 0) is 0 Å². The fraction of sp³-hybridized carbons (Fsp3) is 0.278. The smallest absolute Gasteiger partial charge is 0.323 e. The minimum atomic E-state index is -0.0582. The first-order valence-corrected chi connectivity index (χ1v) is 8.63. The Kier molecular flexibility index (Phi) is 4.76. The van der Waals surface area contributed by atoms with Crippen LogP contribution in [0.4, 0.5) is 10.5 Å². The van der Waals surface area contributed by atoms with Crippen molar-refractivity contribution in [1.29, 1.82) is 0 Å². The monoisotopic (exact) mass is 328 g/mol. The van der Waals surface area contributed by atoms with Gasteiger partial charge in [0.15, 0.2) is 0 Å². The summed E-state index contributed by atoms with van der Waals surface area (Å²) in [5.41, 5.74) is 2.97. The van der Waals surface area contributed by atoms with E-state index in [-0.39, 0.29) is 11.4 Å². The highest BCUT2D eigenvalue weighted by Gasteiger charge is 2.30. The van der Waals surface area contributed by atoms with Crippen LogP contribution in [-0.4, -0.2) is 30.3 Å². The van der Waals surface area contributed by atoms with Gasteiger partial charge >= 0.3 is 6.03 Å². The Bertz CT molecular complexity index is 691. The lowest BCUT2D eigenvalue weighted by Gasteiger charge is -2.25. The zero-order valence-corrected chi connectivity index (χ0v) is 14.1. The Balaban J connectivity index is 1.75. The van der Waals surface area contributed by atoms with E-state index in [9.17, 15) is 4.79 Å². The van der Waals surface area contributed by atoms with Gasteiger partial charge in [-0.1, -0.05) is 30.3 Å². The largest absolute Gasteiger partial charge is 0.497 e. The lowest BCUT2D eigenvalue weighted by atomic mass is 10.2. The summed E-state index contributed by atoms with van der Waals surface area (Å²) in [4.78, 5) is 14.6. The highest BCUT2D eigenvalue weighted by atomic mass is 32.2. The van der Waals surface area contributed by atoms with Crippen LogP contribution in [0.5, 0.6) is 5.75 Å². The summed E-state index contributed by atoms with van der Waals surface area (Å²) in [6.07, 6.45) is 0. The number of amides is 2. The van der Waals surface area contributed by atoms with Crippen LogP contribution in [0.3, 0.4) is 0 Å². The van der Waals surface area contributed by atoms with Crippen LogP contribution >= 0.6 is 11.8 Å². The number of aryl methyl sites for hydroxylation is 1. The Morgan fingerprint density at radius 1 is 1.26 bits per heavy atom. The molecular formula is C18H20N2O2S. The van der Waals surface area contributed by atoms with Crippen molar-refractivity contribution in [2.24, 2.45) is 0 Å². The van der Waals surface area contributed by atoms with E-state index in [1.54, 1.807) is 18.9 Å². The maximum atomic E-state index is 12.7. The van der Waals surface area contributed by atoms with Crippen LogP contribution in [0.25, 0.3) is 0 Å². The number of carbonyl (C=O) groups excluding carboxylic acids is 1. The van der Waals surface area contributed by atoms with Crippen LogP contribution in [0, 0.1) is 6.92 Å². The van der Waals surface area contributed by atoms with Crippen molar-refractivity contribution in [3.8, 4) is 5.75 Å². The normalized spacial score (nSPS) is 17.1. The van der Waals surface area contributed by atoms with Gasteiger partial charge < -0.3 is 15.0 Å². The summed E-state index contributed by atoms with van der Waals surface area (Å²) in [7, 11) is 1.64. The molecule has 2 amide bonds. The van der Waals surface area contributed by atoms with Crippen molar-refractivity contribution in [3.63, 3.8) is 0 Å². The van der Waals surface area contributed by atoms with Crippen molar-refractivity contribution >= 4 is 23.5 Å². The van der Waals surface area contributed by atoms with Crippen LogP contribution in [0.2, 0.25) is 0 Å². The van der Waals surface area contributed by atoms with Gasteiger partial charge in [-0.05, 0) is 36.2 Å². The Morgan fingerprint density at radius 2 is 2.04 bits per heavy atom. The molecule has 3 rings (SSSR count). The number of ether oxygens (including phenoxy) is 1. The maximum absolute atomic E-state index is 12.7. The molecular weight excluding hydrogens is 308 g/mol. The van der Waals surface area contributed by atoms with Crippen molar-refractivity contribution in [2.45, 2.75) is 12.3 Å². The molecule has 1 heterocycles. The first kappa shape index (κ1) is 15.7. The maximum Gasteiger partial charge on any atom is 0.323 e. The number of hydrogen-bond acceptors (Lipinski definition) is 3. The van der Waals surface area contributed by atoms with E-state index in [4.69, 9.17) is 4.74 Å². The number of rotatable bonds is 3. The molecule has 0 saturated carbocycles. The molecule has 23 heavy (non-hydrogen) atoms. The third-order valence-corrected chi connectivity index (χ3v) is 5.17. The van der Waals surface area contributed by atoms with Crippen LogP contribution in [0.1, 0.15) is 16.5 Å². The Hall–Kier alpha value is -2.14. The second-order valence-corrected chi connectivity index (χ2v) is 6.63. The fourth-order valence-electron chi connectivity index (χ4n) is 2.66. The molecule has 1 aliphatic heterocycles. The zero-order chi connectivity index (χ0) is 16.2. The topological polar surface area (TPSA) is 41.6 Å². The molecule has 4 nitrogen and oxygen atoms in total. The standard InChI is InChI=1S/C18H20N2O2S/c1-13-12-15(22-2)8-9-16(13)19-18(21)20-10-11-23-17(20)14-6-4-3-5-7-14/h3-9,12,17H,10-11H2,1-2H3,(H,19,21). The molecule has 5 heteroatoms. The van der Waals surface area contributed by atoms with E-state index >= 15 is 0 Å². The third-order valence-electron chi connectivity index (χ3n) is 3.91. The van der Waals surface area contributed by atoms with Gasteiger partial charge in [0.1, 0.15) is 11.1 Å². The average molecular weight is 328 g/mol. The SMILES string of the molecule is COc1ccc(NC(=O)N2CCSC2c2ccccc2)c(C)c1. The highest BCUT2D eigenvalue weighted by Crippen LogP contribution is 2.38. The van der Waals surface area contributed by atoms with Crippen LogP contribution in [0.15, 0.2) is 48.5 Å². The first-order chi connectivity index (χ1) is 11.2. The van der Waals surface area contributed by atoms with Gasteiger partial charge in [0.25, 0.3) is 0 Å². The van der Waals surface area contributed by atoms with Gasteiger partial charge in [-0.2, -0.15) is 0 Å². The van der Waals surface area contributed by atoms with Crippen molar-refractivity contribution < 1.29 is 9.53 Å². The molecule has 0 spiro atoms. The number of nitrogens with one attached hydrogen (secondary N) is 1. The van der Waals surface area contributed by atoms with E-state index in [1.165, 1.54) is 0 Å². The lowest BCUT2D eigenvalue weighted by molar-refractivity contribution is 0.214. The molecule has 120 valence electrons. The van der Waals surface area contributed by atoms with Crippen molar-refractivity contribution in [1.82, 2.24) is 4.90 Å². The predicted octanol–water partition coefficient (Wildman–Crippen LogP) is 4.28. The summed E-state index contributed by atoms with van der Waals surface area (Å²) < 4.78 is 5.20. The molecule has 1 unspecified atom stereocenters. The predicted molar refractivity (Wildman–Crippen MR) is 95.1 cm³/mol. The molecule has 0 aromatic heterocycles. The highest BCUT2D eigenvalue weighted by molar-refractivity contribution is 7.99. The number of benzene rings is 2. The lowest BCUT2D eigenvalue weighted by Crippen LogP contribution is -2.34. The van der Waals surface area contributed by atoms with Crippen molar-refractivity contribution in [3.05, 3.63) is 59.7 Å². The molecule has 1 N–H and O–H groups in total. The van der Waals surface area contributed by atoms with Gasteiger partial charge in [-0.15, -0.1) is 11.8 Å². The summed E-state index contributed by atoms with van der Waals surface area (Å²) in [6, 6.07) is 15.8. The van der Waals surface area contributed by atoms with Gasteiger partial charge in [0, 0.05) is 18.0 Å². The molecule has 0 aliphatic carbocycles. The van der Waals surface area contributed by atoms with E-state index in [2.05, 4.69) is 17.4 Å². The molecule has 2 aromatic rings. The summed E-state index contributed by atoms with van der Waals surface area (Å²) in [5, 5.41) is 3.10. The molecule has 0 bridgehead atoms. The summed E-state index contributed by atoms with van der Waals surface area (Å²) in [5.74, 6) is 1.74. The van der Waals surface area contributed by atoms with Gasteiger partial charge in [0.2, 0.25) is 0 Å². The molecule has 1 fully saturated rings. The van der Waals surface area contributed by atoms with Gasteiger partial charge in [0.05, 0.1) is 7.11 Å². The minimum absolute atomic E-state index is 0.0582. The second-order valence-electron chi connectivity index (χ2n) is 5.44. The van der Waals surface area contributed by atoms with Crippen molar-refractivity contribution in [2.75, 3.05) is 24.7 Å².